The molecule has 0 saturated heterocycles. The second kappa shape index (κ2) is 4.91. The molecule has 0 bridgehead atoms. The van der Waals surface area contributed by atoms with E-state index in [1.807, 2.05) is 30.3 Å². The van der Waals surface area contributed by atoms with Crippen molar-refractivity contribution in [2.75, 3.05) is 0 Å². The summed E-state index contributed by atoms with van der Waals surface area (Å²) in [7, 11) is 0. The number of carbonyl (C=O) groups excluding carboxylic acids is 1. The highest BCUT2D eigenvalue weighted by Crippen LogP contribution is 2.14. The molecule has 0 spiro atoms. The minimum atomic E-state index is -0.0318. The van der Waals surface area contributed by atoms with Gasteiger partial charge in [0.1, 0.15) is 0 Å². The molecule has 4 nitrogen and oxygen atoms in total. The Balaban J connectivity index is 2.51. The van der Waals surface area contributed by atoms with Crippen LogP contribution in [0.3, 0.4) is 0 Å². The number of benzene rings is 1. The number of Topliss-reactive ketones (excluding diaryl/α,β-unsaturated/α-hetero) is 1. The lowest BCUT2D eigenvalue weighted by Gasteiger charge is -2.05. The van der Waals surface area contributed by atoms with Crippen LogP contribution in [-0.4, -0.2) is 20.8 Å². The van der Waals surface area contributed by atoms with Gasteiger partial charge >= 0.3 is 0 Å². The highest BCUT2D eigenvalue weighted by molar-refractivity contribution is 5.93. The molecular formula is C13H15N3O. The zero-order valence-corrected chi connectivity index (χ0v) is 10.1. The maximum atomic E-state index is 11.5. The normalized spacial score (nSPS) is 10.5. The van der Waals surface area contributed by atoms with E-state index in [1.165, 1.54) is 6.92 Å². The number of hydrogen-bond donors (Lipinski definition) is 0. The molecule has 0 radical (unpaired) electrons. The van der Waals surface area contributed by atoms with Crippen LogP contribution in [0, 0.1) is 0 Å². The maximum absolute atomic E-state index is 11.5. The summed E-state index contributed by atoms with van der Waals surface area (Å²) < 4.78 is 1.75. The first-order chi connectivity index (χ1) is 8.24. The second-order valence-corrected chi connectivity index (χ2v) is 3.94. The van der Waals surface area contributed by atoms with Crippen LogP contribution >= 0.6 is 0 Å². The van der Waals surface area contributed by atoms with Gasteiger partial charge in [0.05, 0.1) is 11.4 Å². The maximum Gasteiger partial charge on any atom is 0.181 e. The van der Waals surface area contributed by atoms with E-state index < -0.39 is 0 Å². The second-order valence-electron chi connectivity index (χ2n) is 3.94. The molecule has 0 amide bonds. The molecule has 2 rings (SSSR count). The summed E-state index contributed by atoms with van der Waals surface area (Å²) in [5.41, 5.74) is 2.32. The fourth-order valence-electron chi connectivity index (χ4n) is 1.81. The van der Waals surface area contributed by atoms with Gasteiger partial charge in [-0.3, -0.25) is 4.79 Å². The number of para-hydroxylation sites is 1. The van der Waals surface area contributed by atoms with E-state index in [0.717, 1.165) is 24.2 Å². The highest BCUT2D eigenvalue weighted by Gasteiger charge is 2.16. The van der Waals surface area contributed by atoms with E-state index in [4.69, 9.17) is 0 Å². The van der Waals surface area contributed by atoms with Crippen molar-refractivity contribution >= 4 is 5.78 Å². The van der Waals surface area contributed by atoms with Crippen LogP contribution in [0.5, 0.6) is 0 Å². The fourth-order valence-corrected chi connectivity index (χ4v) is 1.81. The van der Waals surface area contributed by atoms with Gasteiger partial charge < -0.3 is 0 Å². The molecule has 0 aliphatic carbocycles. The predicted octanol–water partition coefficient (Wildman–Crippen LogP) is 2.42. The number of aromatic nitrogens is 3. The van der Waals surface area contributed by atoms with Gasteiger partial charge in [0, 0.05) is 6.92 Å². The van der Waals surface area contributed by atoms with E-state index in [9.17, 15) is 4.79 Å². The molecular weight excluding hydrogens is 214 g/mol. The lowest BCUT2D eigenvalue weighted by atomic mass is 10.1. The van der Waals surface area contributed by atoms with E-state index in [-0.39, 0.29) is 5.78 Å². The zero-order valence-electron chi connectivity index (χ0n) is 10.1. The van der Waals surface area contributed by atoms with E-state index in [2.05, 4.69) is 17.2 Å². The molecule has 88 valence electrons. The predicted molar refractivity (Wildman–Crippen MR) is 65.4 cm³/mol. The third-order valence-electron chi connectivity index (χ3n) is 2.58. The average Bonchev–Trinajstić information content (AvgIpc) is 2.75. The standard InChI is InChI=1S/C13H15N3O/c1-3-7-12-13(10(2)17)14-15-16(12)11-8-5-4-6-9-11/h4-6,8-9H,3,7H2,1-2H3. The first-order valence-corrected chi connectivity index (χ1v) is 5.75. The van der Waals surface area contributed by atoms with Crippen LogP contribution in [0.15, 0.2) is 30.3 Å². The van der Waals surface area contributed by atoms with Gasteiger partial charge in [-0.1, -0.05) is 36.8 Å². The zero-order chi connectivity index (χ0) is 12.3. The molecule has 0 unspecified atom stereocenters. The summed E-state index contributed by atoms with van der Waals surface area (Å²) >= 11 is 0. The van der Waals surface area contributed by atoms with Crippen LogP contribution in [0.25, 0.3) is 5.69 Å². The van der Waals surface area contributed by atoms with Crippen molar-refractivity contribution < 1.29 is 4.79 Å². The molecule has 0 N–H and O–H groups in total. The Labute approximate surface area is 100 Å². The Kier molecular flexibility index (Phi) is 3.32. The lowest BCUT2D eigenvalue weighted by molar-refractivity contribution is 0.101. The summed E-state index contributed by atoms with van der Waals surface area (Å²) in [4.78, 5) is 11.5. The number of carbonyl (C=O) groups is 1. The van der Waals surface area contributed by atoms with Crippen molar-refractivity contribution in [1.82, 2.24) is 15.0 Å². The fraction of sp³-hybridized carbons (Fsp3) is 0.308. The average molecular weight is 229 g/mol. The summed E-state index contributed by atoms with van der Waals surface area (Å²) in [6.45, 7) is 3.60. The van der Waals surface area contributed by atoms with Crippen LogP contribution in [0.1, 0.15) is 36.5 Å². The molecule has 1 heterocycles. The van der Waals surface area contributed by atoms with Gasteiger partial charge in [-0.25, -0.2) is 4.68 Å². The molecule has 2 aromatic rings. The van der Waals surface area contributed by atoms with Crippen molar-refractivity contribution in [1.29, 1.82) is 0 Å². The number of ketones is 1. The minimum Gasteiger partial charge on any atom is -0.293 e. The van der Waals surface area contributed by atoms with E-state index in [0.29, 0.717) is 5.69 Å². The minimum absolute atomic E-state index is 0.0318. The van der Waals surface area contributed by atoms with Crippen molar-refractivity contribution in [3.8, 4) is 5.69 Å². The Bertz CT molecular complexity index is 517. The molecule has 1 aromatic heterocycles. The van der Waals surface area contributed by atoms with E-state index in [1.54, 1.807) is 4.68 Å². The van der Waals surface area contributed by atoms with Gasteiger partial charge in [0.2, 0.25) is 0 Å². The van der Waals surface area contributed by atoms with Crippen LogP contribution in [0.2, 0.25) is 0 Å². The third-order valence-corrected chi connectivity index (χ3v) is 2.58. The molecule has 17 heavy (non-hydrogen) atoms. The molecule has 0 fully saturated rings. The monoisotopic (exact) mass is 229 g/mol. The van der Waals surface area contributed by atoms with Crippen LogP contribution in [-0.2, 0) is 6.42 Å². The van der Waals surface area contributed by atoms with Gasteiger partial charge in [0.25, 0.3) is 0 Å². The highest BCUT2D eigenvalue weighted by atomic mass is 16.1. The number of hydrogen-bond acceptors (Lipinski definition) is 3. The van der Waals surface area contributed by atoms with Crippen molar-refractivity contribution in [3.05, 3.63) is 41.7 Å². The summed E-state index contributed by atoms with van der Waals surface area (Å²) in [5.74, 6) is -0.0318. The van der Waals surface area contributed by atoms with Gasteiger partial charge in [-0.15, -0.1) is 5.10 Å². The third kappa shape index (κ3) is 2.25. The lowest BCUT2D eigenvalue weighted by Crippen LogP contribution is -2.05. The Hall–Kier alpha value is -1.97. The molecule has 0 atom stereocenters. The first kappa shape index (κ1) is 11.5. The smallest absolute Gasteiger partial charge is 0.181 e. The Morgan fingerprint density at radius 3 is 2.59 bits per heavy atom. The molecule has 0 aliphatic heterocycles. The summed E-state index contributed by atoms with van der Waals surface area (Å²) in [5, 5.41) is 8.05. The van der Waals surface area contributed by atoms with Crippen molar-refractivity contribution in [2.24, 2.45) is 0 Å². The van der Waals surface area contributed by atoms with Crippen LogP contribution < -0.4 is 0 Å². The van der Waals surface area contributed by atoms with Gasteiger partial charge in [-0.2, -0.15) is 0 Å². The van der Waals surface area contributed by atoms with E-state index >= 15 is 0 Å². The molecule has 4 heteroatoms. The quantitative estimate of drug-likeness (QED) is 0.756. The van der Waals surface area contributed by atoms with Crippen LogP contribution in [0.4, 0.5) is 0 Å². The summed E-state index contributed by atoms with van der Waals surface area (Å²) in [6.07, 6.45) is 1.76. The van der Waals surface area contributed by atoms with Gasteiger partial charge in [-0.05, 0) is 18.6 Å². The number of nitrogens with zero attached hydrogens (tertiary/aromatic N) is 3. The SMILES string of the molecule is CCCc1c(C(C)=O)nnn1-c1ccccc1. The largest absolute Gasteiger partial charge is 0.293 e. The molecule has 0 aliphatic rings. The van der Waals surface area contributed by atoms with Gasteiger partial charge in [0.15, 0.2) is 11.5 Å². The first-order valence-electron chi connectivity index (χ1n) is 5.75. The van der Waals surface area contributed by atoms with Crippen molar-refractivity contribution in [2.45, 2.75) is 26.7 Å². The summed E-state index contributed by atoms with van der Waals surface area (Å²) in [6, 6.07) is 9.75. The van der Waals surface area contributed by atoms with Crippen molar-refractivity contribution in [3.63, 3.8) is 0 Å². The molecule has 1 aromatic carbocycles. The molecule has 0 saturated carbocycles. The number of rotatable bonds is 4. The Morgan fingerprint density at radius 1 is 1.29 bits per heavy atom. The Morgan fingerprint density at radius 2 is 2.00 bits per heavy atom. The topological polar surface area (TPSA) is 47.8 Å².